The van der Waals surface area contributed by atoms with Crippen molar-refractivity contribution in [3.63, 3.8) is 0 Å². The first-order valence-corrected chi connectivity index (χ1v) is 10.4. The van der Waals surface area contributed by atoms with Crippen LogP contribution in [0.3, 0.4) is 0 Å². The molecule has 0 amide bonds. The first-order valence-electron chi connectivity index (χ1n) is 8.91. The summed E-state index contributed by atoms with van der Waals surface area (Å²) in [7, 11) is -2.38. The van der Waals surface area contributed by atoms with E-state index in [-0.39, 0.29) is 22.9 Å². The van der Waals surface area contributed by atoms with Crippen LogP contribution in [0, 0.1) is 5.82 Å². The van der Waals surface area contributed by atoms with Crippen molar-refractivity contribution in [2.24, 2.45) is 7.05 Å². The molecule has 0 spiro atoms. The molecule has 0 unspecified atom stereocenters. The van der Waals surface area contributed by atoms with Gasteiger partial charge < -0.3 is 9.15 Å². The van der Waals surface area contributed by atoms with Crippen LogP contribution in [0.2, 0.25) is 0 Å². The van der Waals surface area contributed by atoms with Crippen molar-refractivity contribution < 1.29 is 22.0 Å². The van der Waals surface area contributed by atoms with E-state index in [0.717, 1.165) is 5.56 Å². The highest BCUT2D eigenvalue weighted by Gasteiger charge is 2.17. The summed E-state index contributed by atoms with van der Waals surface area (Å²) < 4.78 is 53.0. The fourth-order valence-corrected chi connectivity index (χ4v) is 3.96. The number of aryl methyl sites for hydroxylation is 1. The van der Waals surface area contributed by atoms with Gasteiger partial charge in [0.25, 0.3) is 10.0 Å². The third-order valence-electron chi connectivity index (χ3n) is 4.48. The van der Waals surface area contributed by atoms with E-state index in [1.54, 1.807) is 36.4 Å². The van der Waals surface area contributed by atoms with E-state index < -0.39 is 15.8 Å². The number of fused-ring (bicyclic) bond motifs is 1. The first-order chi connectivity index (χ1) is 14.3. The van der Waals surface area contributed by atoms with Gasteiger partial charge in [0.2, 0.25) is 0 Å². The minimum Gasteiger partial charge on any atom is -0.489 e. The Hall–Kier alpha value is -3.59. The van der Waals surface area contributed by atoms with E-state index in [0.29, 0.717) is 17.0 Å². The van der Waals surface area contributed by atoms with Crippen LogP contribution in [-0.4, -0.2) is 13.0 Å². The largest absolute Gasteiger partial charge is 0.489 e. The van der Waals surface area contributed by atoms with Crippen LogP contribution < -0.4 is 15.2 Å². The molecule has 0 aliphatic heterocycles. The second kappa shape index (κ2) is 7.68. The molecule has 0 aliphatic carbocycles. The lowest BCUT2D eigenvalue weighted by molar-refractivity contribution is 0.306. The van der Waals surface area contributed by atoms with Crippen LogP contribution in [0.25, 0.3) is 11.1 Å². The third-order valence-corrected chi connectivity index (χ3v) is 5.86. The van der Waals surface area contributed by atoms with Gasteiger partial charge in [0.15, 0.2) is 5.58 Å². The smallest absolute Gasteiger partial charge is 0.419 e. The summed E-state index contributed by atoms with van der Waals surface area (Å²) in [5.41, 5.74) is 1.76. The molecule has 0 aliphatic rings. The molecule has 0 saturated carbocycles. The number of halogens is 1. The van der Waals surface area contributed by atoms with Gasteiger partial charge in [-0.3, -0.25) is 9.29 Å². The van der Waals surface area contributed by atoms with Gasteiger partial charge in [-0.1, -0.05) is 18.2 Å². The lowest BCUT2D eigenvalue weighted by atomic mass is 10.2. The number of oxazole rings is 1. The average molecular weight is 428 g/mol. The quantitative estimate of drug-likeness (QED) is 0.506. The molecular weight excluding hydrogens is 411 g/mol. The second-order valence-electron chi connectivity index (χ2n) is 6.60. The van der Waals surface area contributed by atoms with E-state index in [2.05, 4.69) is 4.72 Å². The summed E-state index contributed by atoms with van der Waals surface area (Å²) in [5.74, 6) is -0.453. The van der Waals surface area contributed by atoms with E-state index in [1.807, 2.05) is 0 Å². The Labute approximate surface area is 171 Å². The van der Waals surface area contributed by atoms with Crippen molar-refractivity contribution in [3.8, 4) is 5.75 Å². The lowest BCUT2D eigenvalue weighted by Crippen LogP contribution is -2.13. The summed E-state index contributed by atoms with van der Waals surface area (Å²) in [6, 6.07) is 16.6. The normalized spacial score (nSPS) is 11.5. The maximum atomic E-state index is 13.0. The minimum absolute atomic E-state index is 0.0398. The molecule has 7 nitrogen and oxygen atoms in total. The molecule has 154 valence electrons. The molecule has 1 aromatic heterocycles. The van der Waals surface area contributed by atoms with Crippen LogP contribution in [-0.2, 0) is 23.7 Å². The predicted molar refractivity (Wildman–Crippen MR) is 109 cm³/mol. The summed E-state index contributed by atoms with van der Waals surface area (Å²) in [6.07, 6.45) is 0. The van der Waals surface area contributed by atoms with E-state index in [4.69, 9.17) is 9.15 Å². The molecule has 0 atom stereocenters. The van der Waals surface area contributed by atoms with Gasteiger partial charge in [0.1, 0.15) is 18.2 Å². The van der Waals surface area contributed by atoms with Gasteiger partial charge in [-0.2, -0.15) is 0 Å². The standard InChI is InChI=1S/C21H17FN2O5S/c1-24-19-10-9-18(12-20(19)29-21(24)25)30(26,27)23-16-3-2-4-17(11-16)28-13-14-5-7-15(22)8-6-14/h2-12,23H,13H2,1H3. The minimum atomic E-state index is -3.92. The van der Waals surface area contributed by atoms with Crippen LogP contribution in [0.4, 0.5) is 10.1 Å². The van der Waals surface area contributed by atoms with Crippen molar-refractivity contribution in [2.75, 3.05) is 4.72 Å². The SMILES string of the molecule is Cn1c(=O)oc2cc(S(=O)(=O)Nc3cccc(OCc4ccc(F)cc4)c3)ccc21. The van der Waals surface area contributed by atoms with E-state index >= 15 is 0 Å². The number of ether oxygens (including phenoxy) is 1. The highest BCUT2D eigenvalue weighted by Crippen LogP contribution is 2.23. The van der Waals surface area contributed by atoms with Gasteiger partial charge in [-0.25, -0.2) is 17.6 Å². The topological polar surface area (TPSA) is 90.5 Å². The van der Waals surface area contributed by atoms with Gasteiger partial charge in [-0.05, 0) is 42.0 Å². The molecule has 0 radical (unpaired) electrons. The molecule has 4 rings (SSSR count). The molecule has 4 aromatic rings. The average Bonchev–Trinajstić information content (AvgIpc) is 3.01. The Kier molecular flexibility index (Phi) is 5.04. The van der Waals surface area contributed by atoms with Crippen molar-refractivity contribution in [1.82, 2.24) is 4.57 Å². The summed E-state index contributed by atoms with van der Waals surface area (Å²) in [6.45, 7) is 0.209. The van der Waals surface area contributed by atoms with Crippen LogP contribution >= 0.6 is 0 Å². The van der Waals surface area contributed by atoms with Crippen molar-refractivity contribution in [3.05, 3.63) is 88.7 Å². The monoisotopic (exact) mass is 428 g/mol. The molecular formula is C21H17FN2O5S. The first kappa shape index (κ1) is 19.7. The van der Waals surface area contributed by atoms with Crippen molar-refractivity contribution >= 4 is 26.8 Å². The molecule has 0 bridgehead atoms. The number of nitrogens with zero attached hydrogens (tertiary/aromatic N) is 1. The molecule has 0 saturated heterocycles. The Bertz CT molecular complexity index is 1370. The van der Waals surface area contributed by atoms with Crippen molar-refractivity contribution in [2.45, 2.75) is 11.5 Å². The fourth-order valence-electron chi connectivity index (χ4n) is 2.89. The van der Waals surface area contributed by atoms with Gasteiger partial charge in [0, 0.05) is 19.2 Å². The van der Waals surface area contributed by atoms with Crippen LogP contribution in [0.1, 0.15) is 5.56 Å². The van der Waals surface area contributed by atoms with Gasteiger partial charge in [-0.15, -0.1) is 0 Å². The maximum absolute atomic E-state index is 13.0. The maximum Gasteiger partial charge on any atom is 0.419 e. The predicted octanol–water partition coefficient (Wildman–Crippen LogP) is 3.65. The van der Waals surface area contributed by atoms with Crippen LogP contribution in [0.5, 0.6) is 5.75 Å². The molecule has 3 aromatic carbocycles. The highest BCUT2D eigenvalue weighted by molar-refractivity contribution is 7.92. The summed E-state index contributed by atoms with van der Waals surface area (Å²) in [4.78, 5) is 11.6. The Morgan fingerprint density at radius 2 is 1.83 bits per heavy atom. The number of hydrogen-bond donors (Lipinski definition) is 1. The Morgan fingerprint density at radius 3 is 2.60 bits per heavy atom. The van der Waals surface area contributed by atoms with Crippen molar-refractivity contribution in [1.29, 1.82) is 0 Å². The van der Waals surface area contributed by atoms with Gasteiger partial charge >= 0.3 is 5.76 Å². The molecule has 1 heterocycles. The molecule has 9 heteroatoms. The second-order valence-corrected chi connectivity index (χ2v) is 8.29. The fraction of sp³-hybridized carbons (Fsp3) is 0.0952. The zero-order valence-corrected chi connectivity index (χ0v) is 16.6. The molecule has 30 heavy (non-hydrogen) atoms. The Morgan fingerprint density at radius 1 is 1.07 bits per heavy atom. The Balaban J connectivity index is 1.52. The zero-order chi connectivity index (χ0) is 21.3. The lowest BCUT2D eigenvalue weighted by Gasteiger charge is -2.11. The number of sulfonamides is 1. The zero-order valence-electron chi connectivity index (χ0n) is 15.8. The van der Waals surface area contributed by atoms with E-state index in [1.165, 1.54) is 41.9 Å². The number of aromatic nitrogens is 1. The molecule has 0 fully saturated rings. The highest BCUT2D eigenvalue weighted by atomic mass is 32.2. The summed E-state index contributed by atoms with van der Waals surface area (Å²) >= 11 is 0. The van der Waals surface area contributed by atoms with E-state index in [9.17, 15) is 17.6 Å². The third kappa shape index (κ3) is 4.06. The number of benzene rings is 3. The number of hydrogen-bond acceptors (Lipinski definition) is 5. The molecule has 1 N–H and O–H groups in total. The van der Waals surface area contributed by atoms with Gasteiger partial charge in [0.05, 0.1) is 16.1 Å². The number of anilines is 1. The number of nitrogens with one attached hydrogen (secondary N) is 1. The summed E-state index contributed by atoms with van der Waals surface area (Å²) in [5, 5.41) is 0. The number of rotatable bonds is 6. The van der Waals surface area contributed by atoms with Crippen LogP contribution in [0.15, 0.2) is 80.8 Å².